The van der Waals surface area contributed by atoms with Gasteiger partial charge in [0.1, 0.15) is 17.2 Å². The van der Waals surface area contributed by atoms with Crippen LogP contribution in [0.3, 0.4) is 0 Å². The van der Waals surface area contributed by atoms with Crippen molar-refractivity contribution >= 4 is 17.0 Å². The number of aromatic nitrogens is 6. The topological polar surface area (TPSA) is 83.9 Å². The lowest BCUT2D eigenvalue weighted by atomic mass is 10.2. The summed E-state index contributed by atoms with van der Waals surface area (Å²) in [5.74, 6) is 0.647. The van der Waals surface area contributed by atoms with E-state index >= 15 is 0 Å². The number of likely N-dealkylation sites (N-methyl/N-ethyl adjacent to an activating group) is 1. The first-order valence-corrected chi connectivity index (χ1v) is 9.82. The standard InChI is InChI=1S/C20H22N8O/c1-3-25-8-10-26(11-9-25)15-4-6-18-22-17(12-20(29)27(18)13-15)16-5-7-19-21-14(2)23-28(19)24-16/h4-7,12-13H,3,8-11H2,1-2H3. The molecule has 9 heteroatoms. The highest BCUT2D eigenvalue weighted by molar-refractivity contribution is 5.60. The maximum Gasteiger partial charge on any atom is 0.258 e. The molecule has 1 fully saturated rings. The predicted molar refractivity (Wildman–Crippen MR) is 110 cm³/mol. The molecule has 0 atom stereocenters. The number of hydrogen-bond donors (Lipinski definition) is 0. The van der Waals surface area contributed by atoms with Crippen LogP contribution in [0, 0.1) is 6.92 Å². The Balaban J connectivity index is 1.50. The van der Waals surface area contributed by atoms with Gasteiger partial charge in [-0.15, -0.1) is 14.8 Å². The van der Waals surface area contributed by atoms with Gasteiger partial charge in [-0.25, -0.2) is 9.97 Å². The third-order valence-electron chi connectivity index (χ3n) is 5.40. The molecule has 0 unspecified atom stereocenters. The Hall–Kier alpha value is -3.33. The molecule has 0 amide bonds. The van der Waals surface area contributed by atoms with Gasteiger partial charge in [0.15, 0.2) is 5.65 Å². The van der Waals surface area contributed by atoms with Gasteiger partial charge in [-0.05, 0) is 37.7 Å². The third-order valence-corrected chi connectivity index (χ3v) is 5.40. The van der Waals surface area contributed by atoms with Gasteiger partial charge in [0.05, 0.1) is 11.4 Å². The molecule has 0 N–H and O–H groups in total. The van der Waals surface area contributed by atoms with E-state index in [-0.39, 0.29) is 5.56 Å². The summed E-state index contributed by atoms with van der Waals surface area (Å²) in [7, 11) is 0. The summed E-state index contributed by atoms with van der Waals surface area (Å²) in [4.78, 5) is 26.5. The van der Waals surface area contributed by atoms with Gasteiger partial charge in [0.2, 0.25) is 0 Å². The van der Waals surface area contributed by atoms with Crippen molar-refractivity contribution in [2.45, 2.75) is 13.8 Å². The lowest BCUT2D eigenvalue weighted by Gasteiger charge is -2.35. The summed E-state index contributed by atoms with van der Waals surface area (Å²) in [6.07, 6.45) is 1.88. The Labute approximate surface area is 167 Å². The lowest BCUT2D eigenvalue weighted by molar-refractivity contribution is 0.271. The fraction of sp³-hybridized carbons (Fsp3) is 0.350. The van der Waals surface area contributed by atoms with E-state index in [2.05, 4.69) is 36.9 Å². The predicted octanol–water partition coefficient (Wildman–Crippen LogP) is 1.25. The van der Waals surface area contributed by atoms with Crippen molar-refractivity contribution in [1.82, 2.24) is 34.1 Å². The van der Waals surface area contributed by atoms with Gasteiger partial charge in [-0.3, -0.25) is 9.20 Å². The number of piperazine rings is 1. The normalized spacial score (nSPS) is 15.4. The maximum absolute atomic E-state index is 12.8. The Bertz CT molecular complexity index is 1250. The molecule has 4 aromatic rings. The van der Waals surface area contributed by atoms with Crippen LogP contribution in [-0.4, -0.2) is 66.8 Å². The molecular weight excluding hydrogens is 368 g/mol. The summed E-state index contributed by atoms with van der Waals surface area (Å²) >= 11 is 0. The van der Waals surface area contributed by atoms with E-state index < -0.39 is 0 Å². The Kier molecular flexibility index (Phi) is 4.24. The van der Waals surface area contributed by atoms with Crippen LogP contribution in [0.15, 0.2) is 41.3 Å². The smallest absolute Gasteiger partial charge is 0.258 e. The number of fused-ring (bicyclic) bond motifs is 2. The van der Waals surface area contributed by atoms with Crippen molar-refractivity contribution in [2.24, 2.45) is 0 Å². The van der Waals surface area contributed by atoms with Crippen molar-refractivity contribution in [1.29, 1.82) is 0 Å². The van der Waals surface area contributed by atoms with E-state index in [0.717, 1.165) is 38.4 Å². The molecule has 5 rings (SSSR count). The van der Waals surface area contributed by atoms with E-state index in [0.29, 0.717) is 28.5 Å². The highest BCUT2D eigenvalue weighted by Gasteiger charge is 2.17. The van der Waals surface area contributed by atoms with Crippen molar-refractivity contribution in [2.75, 3.05) is 37.6 Å². The molecule has 0 spiro atoms. The molecule has 4 aromatic heterocycles. The van der Waals surface area contributed by atoms with E-state index in [9.17, 15) is 4.79 Å². The monoisotopic (exact) mass is 390 g/mol. The fourth-order valence-electron chi connectivity index (χ4n) is 3.76. The molecule has 0 saturated carbocycles. The molecule has 1 aliphatic rings. The summed E-state index contributed by atoms with van der Waals surface area (Å²) in [5.41, 5.74) is 3.28. The van der Waals surface area contributed by atoms with E-state index in [1.807, 2.05) is 37.4 Å². The van der Waals surface area contributed by atoms with Crippen molar-refractivity contribution in [3.05, 3.63) is 52.7 Å². The number of pyridine rings is 1. The zero-order valence-corrected chi connectivity index (χ0v) is 16.5. The number of anilines is 1. The van der Waals surface area contributed by atoms with Gasteiger partial charge < -0.3 is 9.80 Å². The molecule has 148 valence electrons. The van der Waals surface area contributed by atoms with Crippen LogP contribution in [0.5, 0.6) is 0 Å². The van der Waals surface area contributed by atoms with Gasteiger partial charge in [-0.1, -0.05) is 6.92 Å². The average Bonchev–Trinajstić information content (AvgIpc) is 3.12. The zero-order chi connectivity index (χ0) is 20.0. The highest BCUT2D eigenvalue weighted by Crippen LogP contribution is 2.19. The van der Waals surface area contributed by atoms with E-state index in [4.69, 9.17) is 0 Å². The largest absolute Gasteiger partial charge is 0.368 e. The fourth-order valence-corrected chi connectivity index (χ4v) is 3.76. The SMILES string of the molecule is CCN1CCN(c2ccc3nc(-c4ccc5nc(C)nn5n4)cc(=O)n3c2)CC1. The molecule has 5 heterocycles. The van der Waals surface area contributed by atoms with Gasteiger partial charge in [0.25, 0.3) is 5.56 Å². The molecule has 9 nitrogen and oxygen atoms in total. The van der Waals surface area contributed by atoms with E-state index in [1.165, 1.54) is 10.7 Å². The molecule has 0 radical (unpaired) electrons. The minimum atomic E-state index is -0.129. The first-order chi connectivity index (χ1) is 14.1. The summed E-state index contributed by atoms with van der Waals surface area (Å²) in [6, 6.07) is 9.08. The summed E-state index contributed by atoms with van der Waals surface area (Å²) in [5, 5.41) is 8.67. The second-order valence-corrected chi connectivity index (χ2v) is 7.24. The minimum absolute atomic E-state index is 0.129. The molecule has 29 heavy (non-hydrogen) atoms. The molecule has 1 aliphatic heterocycles. The van der Waals surface area contributed by atoms with E-state index in [1.54, 1.807) is 4.40 Å². The van der Waals surface area contributed by atoms with Crippen LogP contribution < -0.4 is 10.5 Å². The number of hydrogen-bond acceptors (Lipinski definition) is 7. The molecule has 0 aliphatic carbocycles. The number of rotatable bonds is 3. The third kappa shape index (κ3) is 3.23. The first-order valence-electron chi connectivity index (χ1n) is 9.82. The van der Waals surface area contributed by atoms with Crippen LogP contribution in [0.25, 0.3) is 22.7 Å². The number of aryl methyl sites for hydroxylation is 1. The second-order valence-electron chi connectivity index (χ2n) is 7.24. The minimum Gasteiger partial charge on any atom is -0.368 e. The summed E-state index contributed by atoms with van der Waals surface area (Å²) < 4.78 is 3.07. The lowest BCUT2D eigenvalue weighted by Crippen LogP contribution is -2.46. The highest BCUT2D eigenvalue weighted by atomic mass is 16.1. The quantitative estimate of drug-likeness (QED) is 0.520. The Morgan fingerprint density at radius 3 is 2.52 bits per heavy atom. The van der Waals surface area contributed by atoms with Crippen LogP contribution in [0.1, 0.15) is 12.7 Å². The maximum atomic E-state index is 12.8. The van der Waals surface area contributed by atoms with Crippen LogP contribution in [0.2, 0.25) is 0 Å². The van der Waals surface area contributed by atoms with Crippen molar-refractivity contribution < 1.29 is 0 Å². The van der Waals surface area contributed by atoms with Gasteiger partial charge >= 0.3 is 0 Å². The van der Waals surface area contributed by atoms with Crippen molar-refractivity contribution in [3.8, 4) is 11.4 Å². The molecule has 1 saturated heterocycles. The number of nitrogens with zero attached hydrogens (tertiary/aromatic N) is 8. The Morgan fingerprint density at radius 1 is 0.931 bits per heavy atom. The summed E-state index contributed by atoms with van der Waals surface area (Å²) in [6.45, 7) is 9.07. The van der Waals surface area contributed by atoms with Crippen LogP contribution in [-0.2, 0) is 0 Å². The zero-order valence-electron chi connectivity index (χ0n) is 16.5. The van der Waals surface area contributed by atoms with Crippen LogP contribution >= 0.6 is 0 Å². The van der Waals surface area contributed by atoms with Gasteiger partial charge in [-0.2, -0.15) is 0 Å². The van der Waals surface area contributed by atoms with Gasteiger partial charge in [0, 0.05) is 38.4 Å². The molecule has 0 aromatic carbocycles. The molecule has 0 bridgehead atoms. The van der Waals surface area contributed by atoms with Crippen LogP contribution in [0.4, 0.5) is 5.69 Å². The first kappa shape index (κ1) is 17.7. The average molecular weight is 390 g/mol. The Morgan fingerprint density at radius 2 is 1.72 bits per heavy atom. The second kappa shape index (κ2) is 6.93. The molecular formula is C20H22N8O. The van der Waals surface area contributed by atoms with Crippen molar-refractivity contribution in [3.63, 3.8) is 0 Å².